The van der Waals surface area contributed by atoms with Gasteiger partial charge in [-0.3, -0.25) is 4.39 Å². The molecule has 1 rings (SSSR count). The fourth-order valence-electron chi connectivity index (χ4n) is 1.88. The Morgan fingerprint density at radius 2 is 1.58 bits per heavy atom. The third-order valence-corrected chi connectivity index (χ3v) is 2.95. The summed E-state index contributed by atoms with van der Waals surface area (Å²) in [6.45, 7) is 6.02. The Morgan fingerprint density at radius 3 is 1.83 bits per heavy atom. The van der Waals surface area contributed by atoms with E-state index in [-0.39, 0.29) is 12.1 Å². The second-order valence-electron chi connectivity index (χ2n) is 3.55. The number of halogens is 1. The van der Waals surface area contributed by atoms with Crippen LogP contribution in [0.2, 0.25) is 0 Å². The molecule has 1 saturated carbocycles. The maximum Gasteiger partial charge on any atom is 0.0950 e. The summed E-state index contributed by atoms with van der Waals surface area (Å²) in [5, 5.41) is 0. The molecule has 0 aliphatic heterocycles. The molecule has 0 atom stereocenters. The molecule has 0 nitrogen and oxygen atoms in total. The summed E-state index contributed by atoms with van der Waals surface area (Å²) in [5.41, 5.74) is 0.0955. The van der Waals surface area contributed by atoms with Crippen molar-refractivity contribution in [3.8, 4) is 0 Å². The molecule has 0 saturated heterocycles. The lowest BCUT2D eigenvalue weighted by Gasteiger charge is -2.33. The van der Waals surface area contributed by atoms with E-state index in [2.05, 4.69) is 6.92 Å². The van der Waals surface area contributed by atoms with Gasteiger partial charge in [0.2, 0.25) is 0 Å². The van der Waals surface area contributed by atoms with Gasteiger partial charge in [-0.25, -0.2) is 0 Å². The third-order valence-electron chi connectivity index (χ3n) is 2.95. The monoisotopic (exact) mass is 174 g/mol. The molecule has 0 unspecified atom stereocenters. The van der Waals surface area contributed by atoms with E-state index in [9.17, 15) is 4.39 Å². The summed E-state index contributed by atoms with van der Waals surface area (Å²) < 4.78 is 12.5. The van der Waals surface area contributed by atoms with Crippen molar-refractivity contribution in [1.82, 2.24) is 0 Å². The van der Waals surface area contributed by atoms with Crippen molar-refractivity contribution in [3.63, 3.8) is 0 Å². The van der Waals surface area contributed by atoms with Crippen LogP contribution in [0.5, 0.6) is 0 Å². The molecular weight excluding hydrogens is 151 g/mol. The molecule has 0 bridgehead atoms. The molecule has 74 valence electrons. The van der Waals surface area contributed by atoms with Crippen LogP contribution in [0, 0.1) is 5.41 Å². The Balaban J connectivity index is 0.000000561. The highest BCUT2D eigenvalue weighted by molar-refractivity contribution is 4.80. The zero-order chi connectivity index (χ0) is 9.45. The Labute approximate surface area is 76.6 Å². The Hall–Kier alpha value is -0.0700. The molecule has 0 aromatic heterocycles. The second kappa shape index (κ2) is 6.45. The first-order chi connectivity index (χ1) is 5.83. The molecule has 0 radical (unpaired) electrons. The molecule has 1 fully saturated rings. The largest absolute Gasteiger partial charge is 0.250 e. The third kappa shape index (κ3) is 3.12. The van der Waals surface area contributed by atoms with Crippen molar-refractivity contribution in [1.29, 1.82) is 0 Å². The minimum Gasteiger partial charge on any atom is -0.250 e. The predicted molar refractivity (Wildman–Crippen MR) is 53.1 cm³/mol. The van der Waals surface area contributed by atoms with Crippen LogP contribution in [-0.2, 0) is 0 Å². The smallest absolute Gasteiger partial charge is 0.0950 e. The molecule has 0 aromatic rings. The second-order valence-corrected chi connectivity index (χ2v) is 3.55. The topological polar surface area (TPSA) is 0 Å². The van der Waals surface area contributed by atoms with E-state index in [0.717, 1.165) is 19.3 Å². The minimum absolute atomic E-state index is 0.0938. The van der Waals surface area contributed by atoms with Crippen molar-refractivity contribution >= 4 is 0 Å². The minimum atomic E-state index is -0.0938. The van der Waals surface area contributed by atoms with Gasteiger partial charge in [-0.05, 0) is 24.7 Å². The first kappa shape index (κ1) is 11.9. The van der Waals surface area contributed by atoms with E-state index in [4.69, 9.17) is 0 Å². The summed E-state index contributed by atoms with van der Waals surface area (Å²) in [4.78, 5) is 0. The first-order valence-corrected chi connectivity index (χ1v) is 5.39. The van der Waals surface area contributed by atoms with Crippen molar-refractivity contribution in [2.45, 2.75) is 59.3 Å². The lowest BCUT2D eigenvalue weighted by molar-refractivity contribution is 0.132. The maximum atomic E-state index is 12.5. The van der Waals surface area contributed by atoms with Gasteiger partial charge in [-0.15, -0.1) is 0 Å². The zero-order valence-corrected chi connectivity index (χ0v) is 8.83. The molecule has 0 aromatic carbocycles. The van der Waals surface area contributed by atoms with E-state index in [0.29, 0.717) is 0 Å². The molecule has 1 aliphatic carbocycles. The van der Waals surface area contributed by atoms with Crippen LogP contribution in [0.4, 0.5) is 4.39 Å². The standard InChI is InChI=1S/C9H17F.C2H6/c1-2-9(8-10)6-4-3-5-7-9;1-2/h2-8H2,1H3;1-2H3. The van der Waals surface area contributed by atoms with Gasteiger partial charge >= 0.3 is 0 Å². The average molecular weight is 174 g/mol. The highest BCUT2D eigenvalue weighted by Crippen LogP contribution is 2.39. The van der Waals surface area contributed by atoms with Crippen molar-refractivity contribution in [3.05, 3.63) is 0 Å². The predicted octanol–water partition coefficient (Wildman–Crippen LogP) is 4.34. The molecule has 12 heavy (non-hydrogen) atoms. The van der Waals surface area contributed by atoms with E-state index in [1.807, 2.05) is 13.8 Å². The van der Waals surface area contributed by atoms with Crippen LogP contribution in [-0.4, -0.2) is 6.67 Å². The maximum absolute atomic E-state index is 12.5. The highest BCUT2D eigenvalue weighted by Gasteiger charge is 2.29. The highest BCUT2D eigenvalue weighted by atomic mass is 19.1. The Bertz CT molecular complexity index is 87.2. The molecule has 0 N–H and O–H groups in total. The van der Waals surface area contributed by atoms with Crippen molar-refractivity contribution < 1.29 is 4.39 Å². The van der Waals surface area contributed by atoms with E-state index < -0.39 is 0 Å². The van der Waals surface area contributed by atoms with Gasteiger partial charge in [0.25, 0.3) is 0 Å². The van der Waals surface area contributed by atoms with Crippen molar-refractivity contribution in [2.75, 3.05) is 6.67 Å². The van der Waals surface area contributed by atoms with E-state index in [1.54, 1.807) is 0 Å². The molecular formula is C11H23F. The zero-order valence-electron chi connectivity index (χ0n) is 8.83. The van der Waals surface area contributed by atoms with Gasteiger partial charge in [0.1, 0.15) is 0 Å². The van der Waals surface area contributed by atoms with Crippen LogP contribution < -0.4 is 0 Å². The van der Waals surface area contributed by atoms with Gasteiger partial charge in [-0.1, -0.05) is 40.0 Å². The fraction of sp³-hybridized carbons (Fsp3) is 1.00. The first-order valence-electron chi connectivity index (χ1n) is 5.39. The van der Waals surface area contributed by atoms with Crippen LogP contribution in [0.1, 0.15) is 59.3 Å². The fourth-order valence-corrected chi connectivity index (χ4v) is 1.88. The van der Waals surface area contributed by atoms with Crippen LogP contribution in [0.3, 0.4) is 0 Å². The molecule has 1 heteroatoms. The quantitative estimate of drug-likeness (QED) is 0.584. The van der Waals surface area contributed by atoms with Gasteiger partial charge in [0, 0.05) is 0 Å². The van der Waals surface area contributed by atoms with Gasteiger partial charge < -0.3 is 0 Å². The SMILES string of the molecule is CC.CCC1(CF)CCCCC1. The van der Waals surface area contributed by atoms with Gasteiger partial charge in [-0.2, -0.15) is 0 Å². The van der Waals surface area contributed by atoms with E-state index in [1.165, 1.54) is 19.3 Å². The summed E-state index contributed by atoms with van der Waals surface area (Å²) in [5.74, 6) is 0. The lowest BCUT2D eigenvalue weighted by Crippen LogP contribution is -2.25. The van der Waals surface area contributed by atoms with Crippen LogP contribution >= 0.6 is 0 Å². The number of hydrogen-bond acceptors (Lipinski definition) is 0. The lowest BCUT2D eigenvalue weighted by atomic mass is 9.73. The number of hydrogen-bond donors (Lipinski definition) is 0. The normalized spacial score (nSPS) is 21.0. The molecule has 1 aliphatic rings. The summed E-state index contributed by atoms with van der Waals surface area (Å²) in [7, 11) is 0. The molecule has 0 spiro atoms. The summed E-state index contributed by atoms with van der Waals surface area (Å²) >= 11 is 0. The van der Waals surface area contributed by atoms with Gasteiger partial charge in [0.05, 0.1) is 6.67 Å². The summed E-state index contributed by atoms with van der Waals surface area (Å²) in [6.07, 6.45) is 7.10. The Morgan fingerprint density at radius 1 is 1.08 bits per heavy atom. The molecule has 0 amide bonds. The molecule has 0 heterocycles. The van der Waals surface area contributed by atoms with Gasteiger partial charge in [0.15, 0.2) is 0 Å². The summed E-state index contributed by atoms with van der Waals surface area (Å²) in [6, 6.07) is 0. The average Bonchev–Trinajstić information content (AvgIpc) is 2.22. The van der Waals surface area contributed by atoms with Crippen molar-refractivity contribution in [2.24, 2.45) is 5.41 Å². The van der Waals surface area contributed by atoms with E-state index >= 15 is 0 Å². The Kier molecular flexibility index (Phi) is 6.41. The van der Waals surface area contributed by atoms with Crippen LogP contribution in [0.25, 0.3) is 0 Å². The number of alkyl halides is 1. The number of rotatable bonds is 2. The van der Waals surface area contributed by atoms with Crippen LogP contribution in [0.15, 0.2) is 0 Å².